The molecule has 1 atom stereocenters. The number of nitrogens with one attached hydrogen (secondary N) is 3. The monoisotopic (exact) mass is 463 g/mol. The van der Waals surface area contributed by atoms with Crippen LogP contribution in [0.25, 0.3) is 0 Å². The molecular formula is C16H13BrF3N3O3S. The first-order valence-corrected chi connectivity index (χ1v) is 9.82. The Morgan fingerprint density at radius 2 is 1.89 bits per heavy atom. The second kappa shape index (κ2) is 6.80. The largest absolute Gasteiger partial charge is 0.416 e. The van der Waals surface area contributed by atoms with Gasteiger partial charge in [-0.1, -0.05) is 15.9 Å². The van der Waals surface area contributed by atoms with Crippen molar-refractivity contribution >= 4 is 43.2 Å². The predicted octanol–water partition coefficient (Wildman–Crippen LogP) is 3.44. The van der Waals surface area contributed by atoms with Crippen LogP contribution in [0.5, 0.6) is 0 Å². The highest BCUT2D eigenvalue weighted by Gasteiger charge is 2.37. The number of carbonyl (C=O) groups is 1. The molecule has 144 valence electrons. The SMILES string of the molecule is Cc1cc(NC(=O)[C@@H]2Nc3cc(C(F)(F)F)ccc3S(=O)(=O)N2)ccc1Br. The second-order valence-corrected chi connectivity index (χ2v) is 8.40. The molecule has 11 heteroatoms. The number of alkyl halides is 3. The lowest BCUT2D eigenvalue weighted by Crippen LogP contribution is -2.51. The standard InChI is InChI=1S/C16H13BrF3N3O3S/c1-8-6-10(3-4-11(8)17)21-15(24)14-22-12-7-9(16(18,19)20)2-5-13(12)27(25,26)23-14/h2-7,14,22-23H,1H3,(H,21,24)/t14-/m1/s1. The number of anilines is 2. The highest BCUT2D eigenvalue weighted by Crippen LogP contribution is 2.35. The molecule has 6 nitrogen and oxygen atoms in total. The van der Waals surface area contributed by atoms with E-state index in [-0.39, 0.29) is 10.6 Å². The predicted molar refractivity (Wildman–Crippen MR) is 96.7 cm³/mol. The summed E-state index contributed by atoms with van der Waals surface area (Å²) in [5, 5.41) is 5.02. The van der Waals surface area contributed by atoms with Crippen LogP contribution in [0.4, 0.5) is 24.5 Å². The minimum atomic E-state index is -4.64. The van der Waals surface area contributed by atoms with Crippen molar-refractivity contribution < 1.29 is 26.4 Å². The Hall–Kier alpha value is -2.11. The Bertz CT molecular complexity index is 1030. The molecule has 0 spiro atoms. The zero-order chi connectivity index (χ0) is 20.0. The molecular weight excluding hydrogens is 451 g/mol. The normalized spacial score (nSPS) is 18.3. The Kier molecular flexibility index (Phi) is 4.95. The molecule has 0 unspecified atom stereocenters. The number of fused-ring (bicyclic) bond motifs is 1. The third kappa shape index (κ3) is 4.09. The number of carbonyl (C=O) groups excluding carboxylic acids is 1. The number of sulfonamides is 1. The molecule has 0 radical (unpaired) electrons. The number of hydrogen-bond donors (Lipinski definition) is 3. The zero-order valence-corrected chi connectivity index (χ0v) is 16.1. The van der Waals surface area contributed by atoms with Crippen molar-refractivity contribution in [3.05, 3.63) is 52.0 Å². The third-order valence-electron chi connectivity index (χ3n) is 3.86. The van der Waals surface area contributed by atoms with E-state index in [2.05, 4.69) is 31.3 Å². The van der Waals surface area contributed by atoms with Gasteiger partial charge in [0.15, 0.2) is 6.17 Å². The van der Waals surface area contributed by atoms with E-state index in [9.17, 15) is 26.4 Å². The molecule has 1 aliphatic heterocycles. The molecule has 2 aromatic carbocycles. The van der Waals surface area contributed by atoms with Gasteiger partial charge in [-0.3, -0.25) is 4.79 Å². The molecule has 3 rings (SSSR count). The number of benzene rings is 2. The molecule has 0 bridgehead atoms. The maximum Gasteiger partial charge on any atom is 0.416 e. The lowest BCUT2D eigenvalue weighted by Gasteiger charge is -2.27. The number of amides is 1. The fraction of sp³-hybridized carbons (Fsp3) is 0.188. The van der Waals surface area contributed by atoms with E-state index < -0.39 is 33.8 Å². The lowest BCUT2D eigenvalue weighted by atomic mass is 10.2. The molecule has 27 heavy (non-hydrogen) atoms. The van der Waals surface area contributed by atoms with Crippen LogP contribution in [0, 0.1) is 6.92 Å². The molecule has 3 N–H and O–H groups in total. The van der Waals surface area contributed by atoms with E-state index in [4.69, 9.17) is 0 Å². The van der Waals surface area contributed by atoms with Gasteiger partial charge in [0.25, 0.3) is 5.91 Å². The van der Waals surface area contributed by atoms with Gasteiger partial charge in [0.2, 0.25) is 10.0 Å². The van der Waals surface area contributed by atoms with Crippen molar-refractivity contribution in [2.24, 2.45) is 0 Å². The molecule has 1 amide bonds. The number of aryl methyl sites for hydroxylation is 1. The Morgan fingerprint density at radius 3 is 2.52 bits per heavy atom. The topological polar surface area (TPSA) is 87.3 Å². The van der Waals surface area contributed by atoms with Crippen LogP contribution >= 0.6 is 15.9 Å². The van der Waals surface area contributed by atoms with E-state index in [0.717, 1.165) is 16.1 Å². The summed E-state index contributed by atoms with van der Waals surface area (Å²) in [6, 6.07) is 7.15. The highest BCUT2D eigenvalue weighted by atomic mass is 79.9. The number of halogens is 4. The molecule has 0 fully saturated rings. The van der Waals surface area contributed by atoms with Gasteiger partial charge < -0.3 is 10.6 Å². The average Bonchev–Trinajstić information content (AvgIpc) is 2.56. The van der Waals surface area contributed by atoms with E-state index in [1.54, 1.807) is 25.1 Å². The minimum absolute atomic E-state index is 0.296. The van der Waals surface area contributed by atoms with Gasteiger partial charge >= 0.3 is 6.18 Å². The van der Waals surface area contributed by atoms with Gasteiger partial charge in [-0.2, -0.15) is 17.9 Å². The molecule has 0 saturated heterocycles. The van der Waals surface area contributed by atoms with Crippen molar-refractivity contribution in [1.82, 2.24) is 4.72 Å². The van der Waals surface area contributed by atoms with E-state index in [1.165, 1.54) is 0 Å². The lowest BCUT2D eigenvalue weighted by molar-refractivity contribution is -0.137. The Balaban J connectivity index is 1.89. The van der Waals surface area contributed by atoms with Gasteiger partial charge in [0.1, 0.15) is 4.90 Å². The van der Waals surface area contributed by atoms with E-state index in [1.807, 2.05) is 0 Å². The van der Waals surface area contributed by atoms with Crippen molar-refractivity contribution in [3.8, 4) is 0 Å². The number of hydrogen-bond acceptors (Lipinski definition) is 4. The third-order valence-corrected chi connectivity index (χ3v) is 6.23. The summed E-state index contributed by atoms with van der Waals surface area (Å²) in [6.45, 7) is 1.80. The fourth-order valence-corrected chi connectivity index (χ4v) is 4.02. The molecule has 0 aromatic heterocycles. The van der Waals surface area contributed by atoms with Crippen LogP contribution in [0.3, 0.4) is 0 Å². The second-order valence-electron chi connectivity index (χ2n) is 5.86. The van der Waals surface area contributed by atoms with Gasteiger partial charge in [-0.25, -0.2) is 8.42 Å². The zero-order valence-electron chi connectivity index (χ0n) is 13.7. The summed E-state index contributed by atoms with van der Waals surface area (Å²) in [4.78, 5) is 12.0. The summed E-state index contributed by atoms with van der Waals surface area (Å²) in [6.07, 6.45) is -6.10. The smallest absolute Gasteiger partial charge is 0.360 e. The first-order chi connectivity index (χ1) is 12.5. The van der Waals surface area contributed by atoms with Gasteiger partial charge in [-0.15, -0.1) is 0 Å². The summed E-state index contributed by atoms with van der Waals surface area (Å²) in [5.41, 5.74) is -0.0639. The van der Waals surface area contributed by atoms with Crippen molar-refractivity contribution in [3.63, 3.8) is 0 Å². The summed E-state index contributed by atoms with van der Waals surface area (Å²) < 4.78 is 66.2. The highest BCUT2D eigenvalue weighted by molar-refractivity contribution is 9.10. The molecule has 2 aromatic rings. The molecule has 0 saturated carbocycles. The van der Waals surface area contributed by atoms with Crippen LogP contribution in [-0.2, 0) is 21.0 Å². The fourth-order valence-electron chi connectivity index (χ4n) is 2.51. The average molecular weight is 464 g/mol. The van der Waals surface area contributed by atoms with Gasteiger partial charge in [0, 0.05) is 10.2 Å². The molecule has 1 aliphatic rings. The van der Waals surface area contributed by atoms with Crippen LogP contribution in [0.1, 0.15) is 11.1 Å². The van der Waals surface area contributed by atoms with E-state index in [0.29, 0.717) is 17.8 Å². The quantitative estimate of drug-likeness (QED) is 0.636. The van der Waals surface area contributed by atoms with Crippen molar-refractivity contribution in [2.75, 3.05) is 10.6 Å². The van der Waals surface area contributed by atoms with Crippen LogP contribution in [0.15, 0.2) is 45.8 Å². The summed E-state index contributed by atoms with van der Waals surface area (Å²) >= 11 is 3.32. The molecule has 1 heterocycles. The van der Waals surface area contributed by atoms with Crippen LogP contribution in [-0.4, -0.2) is 20.5 Å². The first kappa shape index (κ1) is 19.6. The number of rotatable bonds is 2. The van der Waals surface area contributed by atoms with Crippen molar-refractivity contribution in [2.45, 2.75) is 24.2 Å². The molecule has 0 aliphatic carbocycles. The maximum absolute atomic E-state index is 12.9. The van der Waals surface area contributed by atoms with Crippen LogP contribution in [0.2, 0.25) is 0 Å². The van der Waals surface area contributed by atoms with Crippen molar-refractivity contribution in [1.29, 1.82) is 0 Å². The summed E-state index contributed by atoms with van der Waals surface area (Å²) in [5.74, 6) is -0.761. The first-order valence-electron chi connectivity index (χ1n) is 7.54. The van der Waals surface area contributed by atoms with Crippen LogP contribution < -0.4 is 15.4 Å². The van der Waals surface area contributed by atoms with Gasteiger partial charge in [-0.05, 0) is 48.9 Å². The minimum Gasteiger partial charge on any atom is -0.360 e. The summed E-state index contributed by atoms with van der Waals surface area (Å²) in [7, 11) is -4.15. The maximum atomic E-state index is 12.9. The van der Waals surface area contributed by atoms with Gasteiger partial charge in [0.05, 0.1) is 11.3 Å². The Morgan fingerprint density at radius 1 is 1.19 bits per heavy atom. The van der Waals surface area contributed by atoms with E-state index >= 15 is 0 Å². The Labute approximate surface area is 161 Å².